The van der Waals surface area contributed by atoms with Crippen LogP contribution in [0.25, 0.3) is 0 Å². The van der Waals surface area contributed by atoms with Gasteiger partial charge in [0.1, 0.15) is 19.6 Å². The van der Waals surface area contributed by atoms with Crippen molar-refractivity contribution in [2.75, 3.05) is 33.4 Å². The molecule has 16 heavy (non-hydrogen) atoms. The van der Waals surface area contributed by atoms with Gasteiger partial charge in [-0.15, -0.1) is 0 Å². The number of rotatable bonds is 6. The van der Waals surface area contributed by atoms with Crippen molar-refractivity contribution in [3.8, 4) is 0 Å². The number of benzene rings is 1. The van der Waals surface area contributed by atoms with Crippen LogP contribution in [0.1, 0.15) is 11.1 Å². The summed E-state index contributed by atoms with van der Waals surface area (Å²) in [6.45, 7) is 4.61. The van der Waals surface area contributed by atoms with Gasteiger partial charge in [0.05, 0.1) is 20.3 Å². The van der Waals surface area contributed by atoms with E-state index in [0.29, 0.717) is 17.6 Å². The molecule has 0 saturated carbocycles. The maximum Gasteiger partial charge on any atom is 0.105 e. The highest BCUT2D eigenvalue weighted by Crippen LogP contribution is 2.14. The Morgan fingerprint density at radius 2 is 1.62 bits per heavy atom. The molecule has 0 heterocycles. The molecule has 2 N–H and O–H groups in total. The predicted molar refractivity (Wildman–Crippen MR) is 65.0 cm³/mol. The summed E-state index contributed by atoms with van der Waals surface area (Å²) in [5.41, 5.74) is 2.55. The lowest BCUT2D eigenvalue weighted by molar-refractivity contribution is -0.923. The van der Waals surface area contributed by atoms with Gasteiger partial charge in [0.25, 0.3) is 0 Å². The van der Waals surface area contributed by atoms with Crippen LogP contribution in [0.15, 0.2) is 24.3 Å². The van der Waals surface area contributed by atoms with Crippen molar-refractivity contribution in [3.63, 3.8) is 0 Å². The van der Waals surface area contributed by atoms with Crippen LogP contribution in [-0.2, 0) is 6.54 Å². The zero-order valence-corrected chi connectivity index (χ0v) is 10.2. The monoisotopic (exact) mass is 224 g/mol. The third-order valence-corrected chi connectivity index (χ3v) is 3.09. The van der Waals surface area contributed by atoms with E-state index < -0.39 is 0 Å². The van der Waals surface area contributed by atoms with Crippen LogP contribution < -0.4 is 0 Å². The van der Waals surface area contributed by atoms with E-state index in [-0.39, 0.29) is 13.2 Å². The Morgan fingerprint density at radius 3 is 2.12 bits per heavy atom. The third-order valence-electron chi connectivity index (χ3n) is 3.09. The largest absolute Gasteiger partial charge is 0.391 e. The molecule has 0 bridgehead atoms. The molecule has 0 atom stereocenters. The van der Waals surface area contributed by atoms with Crippen molar-refractivity contribution in [2.24, 2.45) is 0 Å². The average molecular weight is 224 g/mol. The van der Waals surface area contributed by atoms with E-state index in [1.807, 2.05) is 12.1 Å². The van der Waals surface area contributed by atoms with Gasteiger partial charge >= 0.3 is 0 Å². The van der Waals surface area contributed by atoms with Gasteiger partial charge in [0.2, 0.25) is 0 Å². The first-order chi connectivity index (χ1) is 7.61. The maximum atomic E-state index is 9.08. The molecule has 0 spiro atoms. The fourth-order valence-corrected chi connectivity index (χ4v) is 1.95. The number of aliphatic hydroxyl groups excluding tert-OH is 2. The molecule has 3 nitrogen and oxygen atoms in total. The lowest BCUT2D eigenvalue weighted by atomic mass is 10.1. The van der Waals surface area contributed by atoms with Gasteiger partial charge in [-0.1, -0.05) is 24.3 Å². The van der Waals surface area contributed by atoms with E-state index >= 15 is 0 Å². The quantitative estimate of drug-likeness (QED) is 0.706. The number of nitrogens with zero attached hydrogens (tertiary/aromatic N) is 1. The van der Waals surface area contributed by atoms with Gasteiger partial charge in [-0.2, -0.15) is 0 Å². The van der Waals surface area contributed by atoms with Crippen molar-refractivity contribution in [1.29, 1.82) is 0 Å². The molecule has 0 amide bonds. The molecule has 0 fully saturated rings. The first kappa shape index (κ1) is 13.2. The Bertz CT molecular complexity index is 319. The Hall–Kier alpha value is -0.900. The van der Waals surface area contributed by atoms with Crippen LogP contribution in [0.3, 0.4) is 0 Å². The topological polar surface area (TPSA) is 40.5 Å². The van der Waals surface area contributed by atoms with Crippen molar-refractivity contribution >= 4 is 0 Å². The highest BCUT2D eigenvalue weighted by molar-refractivity contribution is 5.24. The fraction of sp³-hybridized carbons (Fsp3) is 0.538. The van der Waals surface area contributed by atoms with Gasteiger partial charge in [0.15, 0.2) is 0 Å². The molecule has 90 valence electrons. The standard InChI is InChI=1S/C13H22NO2/c1-12-5-3-4-6-13(12)11-14(2,7-9-15)8-10-16/h3-6,15-16H,7-11H2,1-2H3/q+1. The van der Waals surface area contributed by atoms with Crippen LogP contribution in [0, 0.1) is 6.92 Å². The van der Waals surface area contributed by atoms with E-state index in [1.54, 1.807) is 0 Å². The van der Waals surface area contributed by atoms with Crippen molar-refractivity contribution < 1.29 is 14.7 Å². The normalized spacial score (nSPS) is 11.8. The second kappa shape index (κ2) is 5.99. The molecule has 0 unspecified atom stereocenters. The summed E-state index contributed by atoms with van der Waals surface area (Å²) in [6, 6.07) is 8.27. The molecular formula is C13H22NO2+. The lowest BCUT2D eigenvalue weighted by Crippen LogP contribution is -2.47. The number of hydrogen-bond donors (Lipinski definition) is 2. The Morgan fingerprint density at radius 1 is 1.06 bits per heavy atom. The molecule has 0 aliphatic heterocycles. The molecule has 0 aliphatic rings. The van der Waals surface area contributed by atoms with Crippen LogP contribution in [0.5, 0.6) is 0 Å². The van der Waals surface area contributed by atoms with Crippen LogP contribution in [0.4, 0.5) is 0 Å². The summed E-state index contributed by atoms with van der Waals surface area (Å²) in [5.74, 6) is 0. The summed E-state index contributed by atoms with van der Waals surface area (Å²) in [5, 5.41) is 18.2. The molecule has 1 rings (SSSR count). The van der Waals surface area contributed by atoms with Crippen molar-refractivity contribution in [2.45, 2.75) is 13.5 Å². The van der Waals surface area contributed by atoms with Gasteiger partial charge in [-0.05, 0) is 12.5 Å². The first-order valence-electron chi connectivity index (χ1n) is 5.71. The van der Waals surface area contributed by atoms with E-state index in [9.17, 15) is 0 Å². The smallest absolute Gasteiger partial charge is 0.105 e. The number of aryl methyl sites for hydroxylation is 1. The van der Waals surface area contributed by atoms with Gasteiger partial charge in [-0.25, -0.2) is 0 Å². The zero-order chi connectivity index (χ0) is 12.0. The Kier molecular flexibility index (Phi) is 4.93. The summed E-state index contributed by atoms with van der Waals surface area (Å²) in [4.78, 5) is 0. The minimum atomic E-state index is 0.155. The first-order valence-corrected chi connectivity index (χ1v) is 5.71. The van der Waals surface area contributed by atoms with E-state index in [0.717, 1.165) is 6.54 Å². The molecule has 1 aromatic rings. The van der Waals surface area contributed by atoms with Crippen LogP contribution in [0.2, 0.25) is 0 Å². The summed E-state index contributed by atoms with van der Waals surface area (Å²) in [7, 11) is 2.07. The SMILES string of the molecule is Cc1ccccc1C[N+](C)(CCO)CCO. The molecule has 0 saturated heterocycles. The molecule has 0 aromatic heterocycles. The molecule has 1 aromatic carbocycles. The average Bonchev–Trinajstić information content (AvgIpc) is 2.22. The number of aliphatic hydroxyl groups is 2. The van der Waals surface area contributed by atoms with Crippen molar-refractivity contribution in [3.05, 3.63) is 35.4 Å². The van der Waals surface area contributed by atoms with Gasteiger partial charge in [0, 0.05) is 5.56 Å². The van der Waals surface area contributed by atoms with Crippen molar-refractivity contribution in [1.82, 2.24) is 0 Å². The molecule has 0 radical (unpaired) electrons. The minimum absolute atomic E-state index is 0.155. The molecule has 3 heteroatoms. The minimum Gasteiger partial charge on any atom is -0.391 e. The number of hydrogen-bond acceptors (Lipinski definition) is 2. The second-order valence-corrected chi connectivity index (χ2v) is 4.60. The second-order valence-electron chi connectivity index (χ2n) is 4.60. The van der Waals surface area contributed by atoms with E-state index in [1.165, 1.54) is 11.1 Å². The van der Waals surface area contributed by atoms with E-state index in [4.69, 9.17) is 10.2 Å². The summed E-state index contributed by atoms with van der Waals surface area (Å²) < 4.78 is 0.678. The maximum absolute atomic E-state index is 9.08. The highest BCUT2D eigenvalue weighted by atomic mass is 16.3. The summed E-state index contributed by atoms with van der Waals surface area (Å²) >= 11 is 0. The van der Waals surface area contributed by atoms with Gasteiger partial charge < -0.3 is 14.7 Å². The Labute approximate surface area is 97.5 Å². The summed E-state index contributed by atoms with van der Waals surface area (Å²) in [6.07, 6.45) is 0. The Balaban J connectivity index is 2.79. The van der Waals surface area contributed by atoms with Gasteiger partial charge in [-0.3, -0.25) is 0 Å². The van der Waals surface area contributed by atoms with Crippen LogP contribution >= 0.6 is 0 Å². The highest BCUT2D eigenvalue weighted by Gasteiger charge is 2.21. The van der Waals surface area contributed by atoms with E-state index in [2.05, 4.69) is 26.1 Å². The zero-order valence-electron chi connectivity index (χ0n) is 10.2. The lowest BCUT2D eigenvalue weighted by Gasteiger charge is -2.33. The third kappa shape index (κ3) is 3.59. The number of likely N-dealkylation sites (N-methyl/N-ethyl adjacent to an activating group) is 1. The molecule has 0 aliphatic carbocycles. The predicted octanol–water partition coefficient (Wildman–Crippen LogP) is 0.926. The van der Waals surface area contributed by atoms with Crippen LogP contribution in [-0.4, -0.2) is 48.0 Å². The number of quaternary nitrogens is 1. The fourth-order valence-electron chi connectivity index (χ4n) is 1.95. The molecular weight excluding hydrogens is 202 g/mol.